The molecule has 0 amide bonds. The normalized spacial score (nSPS) is 23.8. The molecule has 3 heteroatoms. The van der Waals surface area contributed by atoms with Gasteiger partial charge in [0.25, 0.3) is 0 Å². The van der Waals surface area contributed by atoms with Gasteiger partial charge in [-0.2, -0.15) is 0 Å². The molecule has 0 spiro atoms. The van der Waals surface area contributed by atoms with Crippen molar-refractivity contribution in [3.05, 3.63) is 12.7 Å². The zero-order chi connectivity index (χ0) is 16.6. The first-order chi connectivity index (χ1) is 10.4. The molecular weight excluding hydrogens is 276 g/mol. The average Bonchev–Trinajstić information content (AvgIpc) is 2.44. The summed E-state index contributed by atoms with van der Waals surface area (Å²) in [6.07, 6.45) is 9.87. The number of carbonyl (C=O) groups is 1. The zero-order valence-corrected chi connectivity index (χ0v) is 14.9. The molecule has 0 aliphatic heterocycles. The molecule has 0 aromatic rings. The fourth-order valence-corrected chi connectivity index (χ4v) is 3.17. The summed E-state index contributed by atoms with van der Waals surface area (Å²) in [5.74, 6) is 0.680. The van der Waals surface area contributed by atoms with Gasteiger partial charge in [0.15, 0.2) is 0 Å². The Labute approximate surface area is 136 Å². The van der Waals surface area contributed by atoms with Gasteiger partial charge in [-0.15, -0.1) is 6.58 Å². The van der Waals surface area contributed by atoms with Crippen molar-refractivity contribution < 1.29 is 14.3 Å². The predicted octanol–water partition coefficient (Wildman–Crippen LogP) is 4.90. The van der Waals surface area contributed by atoms with Crippen LogP contribution in [0.5, 0.6) is 0 Å². The van der Waals surface area contributed by atoms with E-state index in [0.717, 1.165) is 32.1 Å². The van der Waals surface area contributed by atoms with Crippen molar-refractivity contribution in [3.8, 4) is 0 Å². The fourth-order valence-electron chi connectivity index (χ4n) is 3.17. The van der Waals surface area contributed by atoms with E-state index in [1.165, 1.54) is 12.8 Å². The number of rotatable bonds is 8. The van der Waals surface area contributed by atoms with Crippen LogP contribution in [0.25, 0.3) is 0 Å². The maximum atomic E-state index is 12.2. The Kier molecular flexibility index (Phi) is 8.16. The second-order valence-electron chi connectivity index (χ2n) is 7.49. The summed E-state index contributed by atoms with van der Waals surface area (Å²) in [7, 11) is 0. The molecule has 0 radical (unpaired) electrons. The summed E-state index contributed by atoms with van der Waals surface area (Å²) < 4.78 is 11.3. The van der Waals surface area contributed by atoms with Gasteiger partial charge in [-0.05, 0) is 58.8 Å². The van der Waals surface area contributed by atoms with Crippen LogP contribution in [0.3, 0.4) is 0 Å². The molecule has 0 bridgehead atoms. The van der Waals surface area contributed by atoms with Gasteiger partial charge >= 0.3 is 5.97 Å². The van der Waals surface area contributed by atoms with E-state index in [9.17, 15) is 4.79 Å². The van der Waals surface area contributed by atoms with Crippen LogP contribution in [-0.2, 0) is 14.3 Å². The lowest BCUT2D eigenvalue weighted by atomic mass is 9.82. The lowest BCUT2D eigenvalue weighted by Crippen LogP contribution is -2.29. The first-order valence-electron chi connectivity index (χ1n) is 8.81. The van der Waals surface area contributed by atoms with Crippen LogP contribution in [0.1, 0.15) is 72.6 Å². The van der Waals surface area contributed by atoms with E-state index in [4.69, 9.17) is 9.47 Å². The smallest absolute Gasteiger partial charge is 0.309 e. The number of carbonyl (C=O) groups excluding carboxylic acids is 1. The SMILES string of the molecule is C=CCO[C@@H]1CCC[C@H](CCC(CC)C(=O)OC(C)(C)C)C1. The maximum Gasteiger partial charge on any atom is 0.309 e. The summed E-state index contributed by atoms with van der Waals surface area (Å²) >= 11 is 0. The third-order valence-corrected chi connectivity index (χ3v) is 4.34. The Morgan fingerprint density at radius 1 is 1.36 bits per heavy atom. The van der Waals surface area contributed by atoms with Crippen molar-refractivity contribution in [2.45, 2.75) is 84.3 Å². The summed E-state index contributed by atoms with van der Waals surface area (Å²) in [4.78, 5) is 12.2. The number of esters is 1. The van der Waals surface area contributed by atoms with Crippen LogP contribution in [0, 0.1) is 11.8 Å². The van der Waals surface area contributed by atoms with E-state index in [1.54, 1.807) is 0 Å². The van der Waals surface area contributed by atoms with Gasteiger partial charge in [-0.1, -0.05) is 25.8 Å². The highest BCUT2D eigenvalue weighted by molar-refractivity contribution is 5.72. The highest BCUT2D eigenvalue weighted by Crippen LogP contribution is 2.31. The Balaban J connectivity index is 2.38. The minimum Gasteiger partial charge on any atom is -0.460 e. The zero-order valence-electron chi connectivity index (χ0n) is 14.9. The molecule has 1 unspecified atom stereocenters. The van der Waals surface area contributed by atoms with Crippen LogP contribution in [0.4, 0.5) is 0 Å². The summed E-state index contributed by atoms with van der Waals surface area (Å²) in [6.45, 7) is 12.2. The van der Waals surface area contributed by atoms with Crippen LogP contribution in [0.2, 0.25) is 0 Å². The highest BCUT2D eigenvalue weighted by atomic mass is 16.6. The van der Waals surface area contributed by atoms with E-state index < -0.39 is 0 Å². The molecule has 128 valence electrons. The van der Waals surface area contributed by atoms with Crippen LogP contribution >= 0.6 is 0 Å². The molecule has 0 aromatic carbocycles. The molecule has 1 fully saturated rings. The van der Waals surface area contributed by atoms with Gasteiger partial charge in [-0.3, -0.25) is 4.79 Å². The number of ether oxygens (including phenoxy) is 2. The quantitative estimate of drug-likeness (QED) is 0.472. The van der Waals surface area contributed by atoms with E-state index in [1.807, 2.05) is 26.8 Å². The summed E-state index contributed by atoms with van der Waals surface area (Å²) in [6, 6.07) is 0. The van der Waals surface area contributed by atoms with Gasteiger partial charge in [0.2, 0.25) is 0 Å². The Bertz CT molecular complexity index is 343. The minimum atomic E-state index is -0.390. The van der Waals surface area contributed by atoms with Crippen molar-refractivity contribution in [1.29, 1.82) is 0 Å². The van der Waals surface area contributed by atoms with Crippen LogP contribution in [-0.4, -0.2) is 24.3 Å². The molecule has 0 aromatic heterocycles. The van der Waals surface area contributed by atoms with Crippen molar-refractivity contribution >= 4 is 5.97 Å². The lowest BCUT2D eigenvalue weighted by molar-refractivity contribution is -0.160. The largest absolute Gasteiger partial charge is 0.460 e. The second-order valence-corrected chi connectivity index (χ2v) is 7.49. The van der Waals surface area contributed by atoms with E-state index in [-0.39, 0.29) is 17.5 Å². The Morgan fingerprint density at radius 3 is 2.68 bits per heavy atom. The molecule has 1 aliphatic carbocycles. The Hall–Kier alpha value is -0.830. The Morgan fingerprint density at radius 2 is 2.09 bits per heavy atom. The third kappa shape index (κ3) is 7.44. The topological polar surface area (TPSA) is 35.5 Å². The van der Waals surface area contributed by atoms with Crippen molar-refractivity contribution in [2.24, 2.45) is 11.8 Å². The summed E-state index contributed by atoms with van der Waals surface area (Å²) in [5.41, 5.74) is -0.390. The molecule has 3 nitrogen and oxygen atoms in total. The van der Waals surface area contributed by atoms with E-state index >= 15 is 0 Å². The van der Waals surface area contributed by atoms with Crippen molar-refractivity contribution in [2.75, 3.05) is 6.61 Å². The molecule has 22 heavy (non-hydrogen) atoms. The first kappa shape index (κ1) is 19.2. The number of hydrogen-bond acceptors (Lipinski definition) is 3. The van der Waals surface area contributed by atoms with Gasteiger partial charge in [0.05, 0.1) is 18.6 Å². The molecule has 1 saturated carbocycles. The molecular formula is C19H34O3. The minimum absolute atomic E-state index is 0.0358. The highest BCUT2D eigenvalue weighted by Gasteiger charge is 2.27. The molecule has 0 N–H and O–H groups in total. The van der Waals surface area contributed by atoms with Crippen LogP contribution in [0.15, 0.2) is 12.7 Å². The first-order valence-corrected chi connectivity index (χ1v) is 8.81. The van der Waals surface area contributed by atoms with Gasteiger partial charge in [-0.25, -0.2) is 0 Å². The fraction of sp³-hybridized carbons (Fsp3) is 0.842. The third-order valence-electron chi connectivity index (χ3n) is 4.34. The second kappa shape index (κ2) is 9.34. The summed E-state index contributed by atoms with van der Waals surface area (Å²) in [5, 5.41) is 0. The molecule has 1 aliphatic rings. The number of hydrogen-bond donors (Lipinski definition) is 0. The lowest BCUT2D eigenvalue weighted by Gasteiger charge is -2.30. The maximum absolute atomic E-state index is 12.2. The molecule has 0 heterocycles. The van der Waals surface area contributed by atoms with Crippen molar-refractivity contribution in [1.82, 2.24) is 0 Å². The average molecular weight is 310 g/mol. The van der Waals surface area contributed by atoms with E-state index in [0.29, 0.717) is 18.6 Å². The van der Waals surface area contributed by atoms with Gasteiger partial charge < -0.3 is 9.47 Å². The van der Waals surface area contributed by atoms with Gasteiger partial charge in [0, 0.05) is 0 Å². The molecule has 1 rings (SSSR count). The standard InChI is InChI=1S/C19H34O3/c1-6-13-21-17-10-8-9-15(14-17)11-12-16(7-2)18(20)22-19(3,4)5/h6,15-17H,1,7-14H2,2-5H3/t15-,16?,17-/m1/s1. The predicted molar refractivity (Wildman–Crippen MR) is 90.8 cm³/mol. The van der Waals surface area contributed by atoms with E-state index in [2.05, 4.69) is 13.5 Å². The van der Waals surface area contributed by atoms with Crippen molar-refractivity contribution in [3.63, 3.8) is 0 Å². The molecule has 3 atom stereocenters. The van der Waals surface area contributed by atoms with Crippen LogP contribution < -0.4 is 0 Å². The molecule has 0 saturated heterocycles. The van der Waals surface area contributed by atoms with Gasteiger partial charge in [0.1, 0.15) is 5.60 Å². The monoisotopic (exact) mass is 310 g/mol.